The Morgan fingerprint density at radius 2 is 1.71 bits per heavy atom. The topological polar surface area (TPSA) is 113 Å². The van der Waals surface area contributed by atoms with Gasteiger partial charge in [-0.1, -0.05) is 21.7 Å². The first kappa shape index (κ1) is 32.7. The Bertz CT molecular complexity index is 1780. The lowest BCUT2D eigenvalue weighted by Gasteiger charge is -2.18. The van der Waals surface area contributed by atoms with Crippen LogP contribution < -0.4 is 16.0 Å². The number of nitrogens with one attached hydrogen (secondary N) is 3. The second kappa shape index (κ2) is 12.3. The van der Waals surface area contributed by atoms with Crippen LogP contribution in [0.3, 0.4) is 0 Å². The molecule has 3 amide bonds. The van der Waals surface area contributed by atoms with Gasteiger partial charge in [0.2, 0.25) is 5.91 Å². The maximum absolute atomic E-state index is 15.1. The number of benzene rings is 2. The summed E-state index contributed by atoms with van der Waals surface area (Å²) in [5, 5.41) is 10.1. The molecule has 2 aromatic carbocycles. The molecule has 2 aliphatic carbocycles. The standard InChI is InChI=1S/C27H16Cl3F6N5O3S/c28-14-3-2-11(38-25(44)20-19(26(20,29)30)10-1-4-15(31)13(7-10)27(34,35)36)8-12(14)23(42)39-17-6-5-16(32)22(21(17)33)40-24(43)18-9-37-41-45-18/h2-3,5-9,19-20H,1,4H2,(H,38,44)(H,39,42)(H,40,43)/t19-,20+/m0/s1. The van der Waals surface area contributed by atoms with Crippen molar-refractivity contribution in [3.05, 3.63) is 86.7 Å². The Kier molecular flexibility index (Phi) is 8.92. The fourth-order valence-corrected chi connectivity index (χ4v) is 6.18. The van der Waals surface area contributed by atoms with E-state index in [9.17, 15) is 36.3 Å². The smallest absolute Gasteiger partial charge is 0.326 e. The monoisotopic (exact) mass is 709 g/mol. The van der Waals surface area contributed by atoms with Crippen LogP contribution in [0.4, 0.5) is 43.4 Å². The highest BCUT2D eigenvalue weighted by Crippen LogP contribution is 2.64. The van der Waals surface area contributed by atoms with Gasteiger partial charge in [-0.15, -0.1) is 28.3 Å². The summed E-state index contributed by atoms with van der Waals surface area (Å²) in [4.78, 5) is 38.3. The van der Waals surface area contributed by atoms with Crippen LogP contribution in [0, 0.1) is 23.5 Å². The number of anilines is 3. The highest BCUT2D eigenvalue weighted by atomic mass is 35.5. The Labute approximate surface area is 268 Å². The number of hydrogen-bond donors (Lipinski definition) is 3. The molecule has 2 atom stereocenters. The van der Waals surface area contributed by atoms with Crippen LogP contribution in [0.25, 0.3) is 0 Å². The number of carbonyl (C=O) groups excluding carboxylic acids is 3. The predicted molar refractivity (Wildman–Crippen MR) is 155 cm³/mol. The second-order valence-electron chi connectivity index (χ2n) is 9.82. The molecule has 8 nitrogen and oxygen atoms in total. The largest absolute Gasteiger partial charge is 0.418 e. The molecule has 18 heteroatoms. The van der Waals surface area contributed by atoms with Gasteiger partial charge in [0.25, 0.3) is 11.8 Å². The summed E-state index contributed by atoms with van der Waals surface area (Å²) in [5.74, 6) is -8.70. The molecular weight excluding hydrogens is 695 g/mol. The fourth-order valence-electron chi connectivity index (χ4n) is 4.71. The van der Waals surface area contributed by atoms with Crippen LogP contribution in [0.5, 0.6) is 0 Å². The minimum atomic E-state index is -4.95. The maximum atomic E-state index is 15.1. The molecule has 45 heavy (non-hydrogen) atoms. The summed E-state index contributed by atoms with van der Waals surface area (Å²) < 4.78 is 84.7. The third-order valence-electron chi connectivity index (χ3n) is 6.94. The van der Waals surface area contributed by atoms with Gasteiger partial charge in [0.1, 0.15) is 26.5 Å². The van der Waals surface area contributed by atoms with Crippen LogP contribution in [0.2, 0.25) is 5.02 Å². The van der Waals surface area contributed by atoms with Crippen molar-refractivity contribution in [2.24, 2.45) is 11.8 Å². The molecule has 0 bridgehead atoms. The molecule has 3 aromatic rings. The number of nitrogens with zero attached hydrogens (tertiary/aromatic N) is 2. The second-order valence-corrected chi connectivity index (χ2v) is 12.5. The van der Waals surface area contributed by atoms with E-state index < -0.39 is 80.9 Å². The van der Waals surface area contributed by atoms with Crippen LogP contribution in [-0.2, 0) is 4.79 Å². The quantitative estimate of drug-likeness (QED) is 0.171. The van der Waals surface area contributed by atoms with Crippen LogP contribution in [-0.4, -0.2) is 37.8 Å². The number of alkyl halides is 5. The Hall–Kier alpha value is -3.66. The van der Waals surface area contributed by atoms with Crippen molar-refractivity contribution in [1.82, 2.24) is 9.59 Å². The fraction of sp³-hybridized carbons (Fsp3) is 0.222. The van der Waals surface area contributed by atoms with Gasteiger partial charge in [-0.05, 0) is 54.4 Å². The first-order valence-electron chi connectivity index (χ1n) is 12.6. The van der Waals surface area contributed by atoms with Gasteiger partial charge in [0.05, 0.1) is 34.0 Å². The lowest BCUT2D eigenvalue weighted by atomic mass is 9.94. The van der Waals surface area contributed by atoms with Crippen molar-refractivity contribution < 1.29 is 40.7 Å². The summed E-state index contributed by atoms with van der Waals surface area (Å²) >= 11 is 19.4. The SMILES string of the molecule is O=C(Nc1c(F)ccc(NC(=O)c2cc(NC(=O)[C@H]3[C@H](C4=CC(C(F)(F)F)=C(F)CC4)C3(Cl)Cl)ccc2Cl)c1F)c1cnns1. The van der Waals surface area contributed by atoms with Gasteiger partial charge >= 0.3 is 6.18 Å². The van der Waals surface area contributed by atoms with Crippen molar-refractivity contribution >= 4 is 81.1 Å². The van der Waals surface area contributed by atoms with Gasteiger partial charge in [-0.2, -0.15) is 13.2 Å². The van der Waals surface area contributed by atoms with E-state index in [2.05, 4.69) is 25.5 Å². The molecule has 5 rings (SSSR count). The first-order chi connectivity index (χ1) is 21.1. The van der Waals surface area contributed by atoms with Gasteiger partial charge < -0.3 is 16.0 Å². The van der Waals surface area contributed by atoms with Crippen molar-refractivity contribution in [1.29, 1.82) is 0 Å². The van der Waals surface area contributed by atoms with E-state index >= 15 is 4.39 Å². The number of aromatic nitrogens is 2. The van der Waals surface area contributed by atoms with E-state index in [1.54, 1.807) is 0 Å². The molecule has 1 heterocycles. The average molecular weight is 711 g/mol. The van der Waals surface area contributed by atoms with Gasteiger partial charge in [0, 0.05) is 18.0 Å². The number of rotatable bonds is 7. The third-order valence-corrected chi connectivity index (χ3v) is 8.87. The normalized spacial score (nSPS) is 19.1. The molecule has 0 saturated heterocycles. The van der Waals surface area contributed by atoms with E-state index in [-0.39, 0.29) is 33.1 Å². The van der Waals surface area contributed by atoms with E-state index in [1.165, 1.54) is 12.1 Å². The van der Waals surface area contributed by atoms with E-state index in [1.807, 2.05) is 0 Å². The molecule has 236 valence electrons. The van der Waals surface area contributed by atoms with Crippen molar-refractivity contribution in [2.45, 2.75) is 23.4 Å². The van der Waals surface area contributed by atoms with Crippen LogP contribution in [0.15, 0.2) is 59.6 Å². The van der Waals surface area contributed by atoms with Crippen molar-refractivity contribution in [3.63, 3.8) is 0 Å². The summed E-state index contributed by atoms with van der Waals surface area (Å²) in [7, 11) is 0. The minimum absolute atomic E-state index is 0.00502. The molecule has 0 radical (unpaired) electrons. The molecule has 2 aliphatic rings. The Morgan fingerprint density at radius 3 is 2.38 bits per heavy atom. The van der Waals surface area contributed by atoms with E-state index in [4.69, 9.17) is 34.8 Å². The van der Waals surface area contributed by atoms with Crippen molar-refractivity contribution in [2.75, 3.05) is 16.0 Å². The van der Waals surface area contributed by atoms with E-state index in [0.717, 1.165) is 24.4 Å². The van der Waals surface area contributed by atoms with Gasteiger partial charge in [-0.3, -0.25) is 14.4 Å². The summed E-state index contributed by atoms with van der Waals surface area (Å²) in [5.41, 5.74) is -3.04. The lowest BCUT2D eigenvalue weighted by molar-refractivity contribution is -0.117. The molecule has 1 fully saturated rings. The number of hydrogen-bond acceptors (Lipinski definition) is 6. The molecule has 0 aliphatic heterocycles. The molecule has 0 unspecified atom stereocenters. The zero-order chi connectivity index (χ0) is 32.8. The summed E-state index contributed by atoms with van der Waals surface area (Å²) in [6.07, 6.45) is -3.90. The molecular formula is C27H16Cl3F6N5O3S. The Balaban J connectivity index is 1.31. The van der Waals surface area contributed by atoms with Crippen molar-refractivity contribution in [3.8, 4) is 0 Å². The lowest BCUT2D eigenvalue weighted by Crippen LogP contribution is -2.19. The van der Waals surface area contributed by atoms with Gasteiger partial charge in [-0.25, -0.2) is 13.2 Å². The average Bonchev–Trinajstić information content (AvgIpc) is 3.27. The molecule has 0 spiro atoms. The first-order valence-corrected chi connectivity index (χ1v) is 14.5. The maximum Gasteiger partial charge on any atom is 0.418 e. The molecule has 1 aromatic heterocycles. The zero-order valence-corrected chi connectivity index (χ0v) is 25.1. The third kappa shape index (κ3) is 6.66. The predicted octanol–water partition coefficient (Wildman–Crippen LogP) is 7.84. The molecule has 3 N–H and O–H groups in total. The number of allylic oxidation sites excluding steroid dienone is 4. The highest BCUT2D eigenvalue weighted by Gasteiger charge is 2.68. The summed E-state index contributed by atoms with van der Waals surface area (Å²) in [6, 6.07) is 5.37. The zero-order valence-electron chi connectivity index (χ0n) is 22.0. The number of carbonyl (C=O) groups is 3. The Morgan fingerprint density at radius 1 is 0.978 bits per heavy atom. The number of halogens is 9. The number of amides is 3. The van der Waals surface area contributed by atoms with Gasteiger partial charge in [0.15, 0.2) is 5.82 Å². The van der Waals surface area contributed by atoms with Crippen LogP contribution >= 0.6 is 46.3 Å². The minimum Gasteiger partial charge on any atom is -0.326 e. The van der Waals surface area contributed by atoms with Crippen LogP contribution in [0.1, 0.15) is 32.9 Å². The molecule has 1 saturated carbocycles. The van der Waals surface area contributed by atoms with E-state index in [0.29, 0.717) is 17.6 Å². The highest BCUT2D eigenvalue weighted by molar-refractivity contribution is 7.07. The summed E-state index contributed by atoms with van der Waals surface area (Å²) in [6.45, 7) is 0.